The summed E-state index contributed by atoms with van der Waals surface area (Å²) in [5.41, 5.74) is 1.83. The number of hydrogen-bond acceptors (Lipinski definition) is 4. The molecule has 1 aromatic carbocycles. The van der Waals surface area contributed by atoms with Gasteiger partial charge in [-0.3, -0.25) is 4.79 Å². The van der Waals surface area contributed by atoms with Crippen LogP contribution in [-0.4, -0.2) is 45.8 Å². The SMILES string of the molecule is CCCCN(C)C(=O)CSC1CCCCC1Sc1cc(C(C)(C)C)c(O)c(C(C)(C)C)c1. The van der Waals surface area contributed by atoms with Gasteiger partial charge in [-0.2, -0.15) is 0 Å². The largest absolute Gasteiger partial charge is 0.507 e. The Morgan fingerprint density at radius 3 is 2.06 bits per heavy atom. The van der Waals surface area contributed by atoms with E-state index in [2.05, 4.69) is 60.6 Å². The zero-order valence-corrected chi connectivity index (χ0v) is 23.2. The van der Waals surface area contributed by atoms with Crippen molar-refractivity contribution in [2.24, 2.45) is 0 Å². The maximum Gasteiger partial charge on any atom is 0.232 e. The Labute approximate surface area is 205 Å². The molecule has 0 saturated heterocycles. The zero-order chi connectivity index (χ0) is 24.1. The van der Waals surface area contributed by atoms with Crippen LogP contribution in [0.3, 0.4) is 0 Å². The van der Waals surface area contributed by atoms with Crippen molar-refractivity contribution in [1.82, 2.24) is 4.90 Å². The minimum atomic E-state index is -0.114. The lowest BCUT2D eigenvalue weighted by molar-refractivity contribution is -0.127. The lowest BCUT2D eigenvalue weighted by atomic mass is 9.79. The number of amides is 1. The third-order valence-corrected chi connectivity index (χ3v) is 9.28. The first-order chi connectivity index (χ1) is 14.8. The van der Waals surface area contributed by atoms with E-state index in [1.807, 2.05) is 35.5 Å². The van der Waals surface area contributed by atoms with E-state index in [1.54, 1.807) is 0 Å². The molecule has 32 heavy (non-hydrogen) atoms. The van der Waals surface area contributed by atoms with Crippen LogP contribution in [-0.2, 0) is 15.6 Å². The van der Waals surface area contributed by atoms with Gasteiger partial charge in [0.05, 0.1) is 5.75 Å². The molecule has 0 heterocycles. The van der Waals surface area contributed by atoms with Gasteiger partial charge in [0.2, 0.25) is 5.91 Å². The Morgan fingerprint density at radius 2 is 1.56 bits per heavy atom. The monoisotopic (exact) mass is 479 g/mol. The molecule has 2 rings (SSSR count). The fourth-order valence-corrected chi connectivity index (χ4v) is 7.15. The number of unbranched alkanes of at least 4 members (excludes halogenated alkanes) is 1. The molecule has 3 nitrogen and oxygen atoms in total. The number of hydrogen-bond donors (Lipinski definition) is 1. The average Bonchev–Trinajstić information content (AvgIpc) is 2.70. The van der Waals surface area contributed by atoms with E-state index >= 15 is 0 Å². The van der Waals surface area contributed by atoms with Crippen LogP contribution >= 0.6 is 23.5 Å². The Balaban J connectivity index is 2.19. The third kappa shape index (κ3) is 7.62. The highest BCUT2D eigenvalue weighted by Crippen LogP contribution is 2.45. The summed E-state index contributed by atoms with van der Waals surface area (Å²) in [7, 11) is 1.93. The van der Waals surface area contributed by atoms with Crippen molar-refractivity contribution in [3.8, 4) is 5.75 Å². The first kappa shape index (κ1) is 27.4. The summed E-state index contributed by atoms with van der Waals surface area (Å²) in [6, 6.07) is 4.41. The number of nitrogens with zero attached hydrogens (tertiary/aromatic N) is 1. The van der Waals surface area contributed by atoms with Crippen molar-refractivity contribution >= 4 is 29.4 Å². The van der Waals surface area contributed by atoms with Crippen molar-refractivity contribution in [1.29, 1.82) is 0 Å². The Bertz CT molecular complexity index is 729. The summed E-state index contributed by atoms with van der Waals surface area (Å²) in [4.78, 5) is 15.7. The van der Waals surface area contributed by atoms with Crippen LogP contribution in [0.1, 0.15) is 98.1 Å². The molecular formula is C27H45NO2S2. The molecule has 2 atom stereocenters. The number of rotatable bonds is 8. The zero-order valence-electron chi connectivity index (χ0n) is 21.6. The van der Waals surface area contributed by atoms with Gasteiger partial charge in [-0.25, -0.2) is 0 Å². The molecule has 1 fully saturated rings. The molecule has 2 unspecified atom stereocenters. The molecule has 0 aromatic heterocycles. The summed E-state index contributed by atoms with van der Waals surface area (Å²) in [6.45, 7) is 16.0. The molecule has 182 valence electrons. The van der Waals surface area contributed by atoms with Gasteiger partial charge in [-0.05, 0) is 42.2 Å². The predicted molar refractivity (Wildman–Crippen MR) is 142 cm³/mol. The number of benzene rings is 1. The first-order valence-electron chi connectivity index (χ1n) is 12.2. The van der Waals surface area contributed by atoms with Gasteiger partial charge in [-0.1, -0.05) is 67.7 Å². The van der Waals surface area contributed by atoms with Crippen LogP contribution in [0.5, 0.6) is 5.75 Å². The van der Waals surface area contributed by atoms with Gasteiger partial charge in [0.25, 0.3) is 0 Å². The lowest BCUT2D eigenvalue weighted by Crippen LogP contribution is -2.32. The van der Waals surface area contributed by atoms with Gasteiger partial charge in [0.1, 0.15) is 5.75 Å². The molecule has 0 bridgehead atoms. The minimum Gasteiger partial charge on any atom is -0.507 e. The van der Waals surface area contributed by atoms with Crippen LogP contribution < -0.4 is 0 Å². The smallest absolute Gasteiger partial charge is 0.232 e. The predicted octanol–water partition coefficient (Wildman–Crippen LogP) is 7.38. The highest BCUT2D eigenvalue weighted by atomic mass is 32.2. The van der Waals surface area contributed by atoms with Crippen molar-refractivity contribution in [3.63, 3.8) is 0 Å². The number of aromatic hydroxyl groups is 1. The molecule has 1 saturated carbocycles. The van der Waals surface area contributed by atoms with E-state index < -0.39 is 0 Å². The molecule has 0 spiro atoms. The summed E-state index contributed by atoms with van der Waals surface area (Å²) in [6.07, 6.45) is 7.08. The average molecular weight is 480 g/mol. The fourth-order valence-electron chi connectivity index (χ4n) is 4.19. The van der Waals surface area contributed by atoms with E-state index in [0.717, 1.165) is 30.5 Å². The molecule has 1 aliphatic carbocycles. The van der Waals surface area contributed by atoms with Crippen molar-refractivity contribution in [2.75, 3.05) is 19.3 Å². The fraction of sp³-hybridized carbons (Fsp3) is 0.741. The Morgan fingerprint density at radius 1 is 1.03 bits per heavy atom. The number of phenolic OH excluding ortho intramolecular Hbond substituents is 1. The number of carbonyl (C=O) groups is 1. The van der Waals surface area contributed by atoms with E-state index in [-0.39, 0.29) is 16.7 Å². The standard InChI is InChI=1S/C27H45NO2S2/c1-9-10-15-28(8)24(29)18-31-22-13-11-12-14-23(22)32-19-16-20(26(2,3)4)25(30)21(17-19)27(5,6)7/h16-17,22-23,30H,9-15,18H2,1-8H3. The van der Waals surface area contributed by atoms with E-state index in [1.165, 1.54) is 30.6 Å². The topological polar surface area (TPSA) is 40.5 Å². The molecule has 1 aromatic rings. The second-order valence-corrected chi connectivity index (χ2v) is 13.9. The lowest BCUT2D eigenvalue weighted by Gasteiger charge is -2.32. The Kier molecular flexibility index (Phi) is 9.90. The highest BCUT2D eigenvalue weighted by molar-refractivity contribution is 8.04. The van der Waals surface area contributed by atoms with Crippen LogP contribution in [0.4, 0.5) is 0 Å². The third-order valence-electron chi connectivity index (χ3n) is 6.32. The van der Waals surface area contributed by atoms with E-state index in [0.29, 0.717) is 22.0 Å². The maximum atomic E-state index is 12.6. The van der Waals surface area contributed by atoms with Crippen molar-refractivity contribution in [3.05, 3.63) is 23.3 Å². The maximum absolute atomic E-state index is 12.6. The van der Waals surface area contributed by atoms with E-state index in [9.17, 15) is 9.90 Å². The van der Waals surface area contributed by atoms with Gasteiger partial charge in [0, 0.05) is 40.1 Å². The second-order valence-electron chi connectivity index (χ2n) is 11.3. The summed E-state index contributed by atoms with van der Waals surface area (Å²) < 4.78 is 0. The van der Waals surface area contributed by atoms with Gasteiger partial charge in [0.15, 0.2) is 0 Å². The highest BCUT2D eigenvalue weighted by Gasteiger charge is 2.30. The molecule has 1 amide bonds. The normalized spacial score (nSPS) is 19.8. The Hall–Kier alpha value is -0.810. The summed E-state index contributed by atoms with van der Waals surface area (Å²) in [5.74, 6) is 1.29. The van der Waals surface area contributed by atoms with Gasteiger partial charge < -0.3 is 10.0 Å². The van der Waals surface area contributed by atoms with Crippen LogP contribution in [0.2, 0.25) is 0 Å². The summed E-state index contributed by atoms with van der Waals surface area (Å²) in [5, 5.41) is 12.1. The number of thioether (sulfide) groups is 2. The van der Waals surface area contributed by atoms with Crippen molar-refractivity contribution in [2.45, 2.75) is 113 Å². The molecular weight excluding hydrogens is 434 g/mol. The van der Waals surface area contributed by atoms with Crippen LogP contribution in [0.15, 0.2) is 17.0 Å². The summed E-state index contributed by atoms with van der Waals surface area (Å²) >= 11 is 3.81. The number of carbonyl (C=O) groups excluding carboxylic acids is 1. The number of phenols is 1. The molecule has 1 N–H and O–H groups in total. The van der Waals surface area contributed by atoms with Gasteiger partial charge in [-0.15, -0.1) is 23.5 Å². The van der Waals surface area contributed by atoms with Crippen LogP contribution in [0.25, 0.3) is 0 Å². The molecule has 0 aliphatic heterocycles. The van der Waals surface area contributed by atoms with Gasteiger partial charge >= 0.3 is 0 Å². The first-order valence-corrected chi connectivity index (χ1v) is 14.2. The van der Waals surface area contributed by atoms with Crippen LogP contribution in [0, 0.1) is 0 Å². The second kappa shape index (κ2) is 11.6. The van der Waals surface area contributed by atoms with E-state index in [4.69, 9.17) is 0 Å². The molecule has 1 aliphatic rings. The molecule has 0 radical (unpaired) electrons. The molecule has 5 heteroatoms. The van der Waals surface area contributed by atoms with Crippen molar-refractivity contribution < 1.29 is 9.90 Å². The quantitative estimate of drug-likeness (QED) is 0.422. The minimum absolute atomic E-state index is 0.114.